The fourth-order valence-electron chi connectivity index (χ4n) is 1.71. The summed E-state index contributed by atoms with van der Waals surface area (Å²) in [5, 5.41) is 4.94. The molecule has 5 heteroatoms. The van der Waals surface area contributed by atoms with E-state index in [1.54, 1.807) is 17.6 Å². The molecule has 4 nitrogen and oxygen atoms in total. The Labute approximate surface area is 114 Å². The molecule has 1 N–H and O–H groups in total. The molecule has 0 aliphatic carbocycles. The maximum absolute atomic E-state index is 4.43. The minimum atomic E-state index is 0.783. The van der Waals surface area contributed by atoms with Gasteiger partial charge in [0.05, 0.1) is 22.1 Å². The van der Waals surface area contributed by atoms with E-state index < -0.39 is 0 Å². The highest BCUT2D eigenvalue weighted by molar-refractivity contribution is 7.22. The molecule has 3 aromatic rings. The summed E-state index contributed by atoms with van der Waals surface area (Å²) in [6, 6.07) is 13.8. The van der Waals surface area contributed by atoms with E-state index in [0.717, 1.165) is 26.7 Å². The number of hydrazone groups is 1. The number of hydrogen-bond donors (Lipinski definition) is 1. The first kappa shape index (κ1) is 11.8. The Balaban J connectivity index is 1.75. The molecule has 0 spiro atoms. The van der Waals surface area contributed by atoms with Crippen molar-refractivity contribution in [2.45, 2.75) is 6.92 Å². The molecule has 0 bridgehead atoms. The molecule has 3 rings (SSSR count). The van der Waals surface area contributed by atoms with Gasteiger partial charge in [0, 0.05) is 5.69 Å². The zero-order valence-electron chi connectivity index (χ0n) is 10.4. The lowest BCUT2D eigenvalue weighted by Crippen LogP contribution is -1.93. The van der Waals surface area contributed by atoms with Crippen LogP contribution in [0, 0.1) is 6.92 Å². The van der Waals surface area contributed by atoms with Crippen molar-refractivity contribution in [2.24, 2.45) is 5.10 Å². The minimum Gasteiger partial charge on any atom is -0.253 e. The molecule has 0 aliphatic heterocycles. The van der Waals surface area contributed by atoms with Gasteiger partial charge in [-0.25, -0.2) is 4.98 Å². The van der Waals surface area contributed by atoms with Crippen LogP contribution in [0.4, 0.5) is 5.13 Å². The van der Waals surface area contributed by atoms with E-state index in [0.29, 0.717) is 0 Å². The Kier molecular flexibility index (Phi) is 3.20. The fraction of sp³-hybridized carbons (Fsp3) is 0.0714. The summed E-state index contributed by atoms with van der Waals surface area (Å²) < 4.78 is 1.15. The third-order valence-electron chi connectivity index (χ3n) is 2.56. The molecular weight excluding hydrogens is 256 g/mol. The van der Waals surface area contributed by atoms with Crippen molar-refractivity contribution >= 4 is 32.9 Å². The normalized spacial score (nSPS) is 11.2. The lowest BCUT2D eigenvalue weighted by molar-refractivity contribution is 1.18. The van der Waals surface area contributed by atoms with Crippen molar-refractivity contribution in [3.63, 3.8) is 0 Å². The molecule has 2 heterocycles. The van der Waals surface area contributed by atoms with Gasteiger partial charge in [-0.3, -0.25) is 10.4 Å². The van der Waals surface area contributed by atoms with E-state index in [2.05, 4.69) is 20.5 Å². The van der Waals surface area contributed by atoms with Crippen molar-refractivity contribution in [3.8, 4) is 0 Å². The maximum Gasteiger partial charge on any atom is 0.204 e. The van der Waals surface area contributed by atoms with Crippen LogP contribution in [0.3, 0.4) is 0 Å². The number of aryl methyl sites for hydroxylation is 1. The maximum atomic E-state index is 4.43. The molecule has 19 heavy (non-hydrogen) atoms. The smallest absolute Gasteiger partial charge is 0.204 e. The number of hydrogen-bond acceptors (Lipinski definition) is 5. The number of anilines is 1. The molecular formula is C14H12N4S. The number of fused-ring (bicyclic) bond motifs is 1. The summed E-state index contributed by atoms with van der Waals surface area (Å²) in [5.41, 5.74) is 5.73. The summed E-state index contributed by atoms with van der Waals surface area (Å²) in [5.74, 6) is 0. The number of para-hydroxylation sites is 1. The Hall–Kier alpha value is -2.27. The Morgan fingerprint density at radius 1 is 1.11 bits per heavy atom. The van der Waals surface area contributed by atoms with Crippen molar-refractivity contribution < 1.29 is 0 Å². The second kappa shape index (κ2) is 5.16. The first-order valence-electron chi connectivity index (χ1n) is 5.89. The van der Waals surface area contributed by atoms with Gasteiger partial charge in [-0.15, -0.1) is 0 Å². The van der Waals surface area contributed by atoms with Gasteiger partial charge in [-0.1, -0.05) is 29.5 Å². The summed E-state index contributed by atoms with van der Waals surface area (Å²) in [6.07, 6.45) is 1.69. The van der Waals surface area contributed by atoms with Gasteiger partial charge in [0.2, 0.25) is 5.13 Å². The van der Waals surface area contributed by atoms with E-state index >= 15 is 0 Å². The number of pyridine rings is 1. The number of nitrogens with one attached hydrogen (secondary N) is 1. The van der Waals surface area contributed by atoms with Crippen LogP contribution in [-0.4, -0.2) is 16.2 Å². The fourth-order valence-corrected chi connectivity index (χ4v) is 2.53. The lowest BCUT2D eigenvalue weighted by atomic mass is 10.3. The number of thiazole rings is 1. The quantitative estimate of drug-likeness (QED) is 0.584. The highest BCUT2D eigenvalue weighted by Gasteiger charge is 2.00. The number of benzene rings is 1. The van der Waals surface area contributed by atoms with Crippen LogP contribution >= 0.6 is 11.3 Å². The monoisotopic (exact) mass is 268 g/mol. The minimum absolute atomic E-state index is 0.783. The van der Waals surface area contributed by atoms with E-state index in [1.165, 1.54) is 0 Å². The number of rotatable bonds is 3. The van der Waals surface area contributed by atoms with E-state index in [4.69, 9.17) is 0 Å². The average Bonchev–Trinajstić information content (AvgIpc) is 2.81. The zero-order valence-corrected chi connectivity index (χ0v) is 11.2. The standard InChI is InChI=1S/C14H12N4S/c1-10-5-4-6-11(16-10)9-15-18-14-17-12-7-2-3-8-13(12)19-14/h2-9H,1H3,(H,17,18)/b15-9-. The van der Waals surface area contributed by atoms with E-state index in [-0.39, 0.29) is 0 Å². The molecule has 1 aromatic carbocycles. The average molecular weight is 268 g/mol. The van der Waals surface area contributed by atoms with Crippen LogP contribution in [0.1, 0.15) is 11.4 Å². The largest absolute Gasteiger partial charge is 0.253 e. The molecule has 0 amide bonds. The third kappa shape index (κ3) is 2.77. The number of nitrogens with zero attached hydrogens (tertiary/aromatic N) is 3. The molecule has 0 saturated carbocycles. The Morgan fingerprint density at radius 3 is 2.84 bits per heavy atom. The number of aromatic nitrogens is 2. The Morgan fingerprint density at radius 2 is 2.00 bits per heavy atom. The summed E-state index contributed by atoms with van der Waals surface area (Å²) in [6.45, 7) is 1.96. The molecule has 94 valence electrons. The van der Waals surface area contributed by atoms with Gasteiger partial charge in [0.25, 0.3) is 0 Å². The highest BCUT2D eigenvalue weighted by Crippen LogP contribution is 2.25. The molecule has 0 saturated heterocycles. The van der Waals surface area contributed by atoms with Crippen LogP contribution < -0.4 is 5.43 Å². The second-order valence-electron chi connectivity index (χ2n) is 4.06. The molecule has 0 aliphatic rings. The molecule has 0 radical (unpaired) electrons. The molecule has 0 atom stereocenters. The van der Waals surface area contributed by atoms with Crippen molar-refractivity contribution in [1.29, 1.82) is 0 Å². The van der Waals surface area contributed by atoms with Crippen molar-refractivity contribution in [1.82, 2.24) is 9.97 Å². The van der Waals surface area contributed by atoms with Crippen LogP contribution in [-0.2, 0) is 0 Å². The predicted molar refractivity (Wildman–Crippen MR) is 79.8 cm³/mol. The van der Waals surface area contributed by atoms with Crippen molar-refractivity contribution in [2.75, 3.05) is 5.43 Å². The topological polar surface area (TPSA) is 50.2 Å². The Bertz CT molecular complexity index is 700. The van der Waals surface area contributed by atoms with Gasteiger partial charge >= 0.3 is 0 Å². The van der Waals surface area contributed by atoms with Gasteiger partial charge in [0.1, 0.15) is 0 Å². The molecule has 0 fully saturated rings. The van der Waals surface area contributed by atoms with Crippen molar-refractivity contribution in [3.05, 3.63) is 53.9 Å². The van der Waals surface area contributed by atoms with Crippen LogP contribution in [0.25, 0.3) is 10.2 Å². The van der Waals surface area contributed by atoms with Gasteiger partial charge in [0.15, 0.2) is 0 Å². The summed E-state index contributed by atoms with van der Waals surface area (Å²) in [7, 11) is 0. The summed E-state index contributed by atoms with van der Waals surface area (Å²) >= 11 is 1.58. The molecule has 2 aromatic heterocycles. The van der Waals surface area contributed by atoms with E-state index in [1.807, 2.05) is 49.4 Å². The van der Waals surface area contributed by atoms with Crippen LogP contribution in [0.2, 0.25) is 0 Å². The van der Waals surface area contributed by atoms with E-state index in [9.17, 15) is 0 Å². The predicted octanol–water partition coefficient (Wildman–Crippen LogP) is 3.45. The second-order valence-corrected chi connectivity index (χ2v) is 5.09. The van der Waals surface area contributed by atoms with Gasteiger partial charge in [-0.2, -0.15) is 5.10 Å². The lowest BCUT2D eigenvalue weighted by Gasteiger charge is -1.95. The SMILES string of the molecule is Cc1cccc(/C=N\Nc2nc3ccccc3s2)n1. The third-order valence-corrected chi connectivity index (χ3v) is 3.50. The summed E-state index contributed by atoms with van der Waals surface area (Å²) in [4.78, 5) is 8.78. The van der Waals surface area contributed by atoms with Gasteiger partial charge < -0.3 is 0 Å². The zero-order chi connectivity index (χ0) is 13.1. The van der Waals surface area contributed by atoms with Gasteiger partial charge in [-0.05, 0) is 31.2 Å². The molecule has 0 unspecified atom stereocenters. The van der Waals surface area contributed by atoms with Crippen LogP contribution in [0.5, 0.6) is 0 Å². The van der Waals surface area contributed by atoms with Crippen LogP contribution in [0.15, 0.2) is 47.6 Å². The first-order valence-corrected chi connectivity index (χ1v) is 6.71. The highest BCUT2D eigenvalue weighted by atomic mass is 32.1. The first-order chi connectivity index (χ1) is 9.31.